The number of hydrogen-bond donors (Lipinski definition) is 2. The van der Waals surface area contributed by atoms with Crippen molar-refractivity contribution < 1.29 is 4.79 Å². The van der Waals surface area contributed by atoms with E-state index in [9.17, 15) is 4.79 Å². The van der Waals surface area contributed by atoms with Crippen LogP contribution in [0.3, 0.4) is 0 Å². The Bertz CT molecular complexity index is 706. The highest BCUT2D eigenvalue weighted by Crippen LogP contribution is 2.32. The van der Waals surface area contributed by atoms with Crippen LogP contribution in [0.15, 0.2) is 24.3 Å². The minimum atomic E-state index is -0.186. The molecule has 0 saturated heterocycles. The molecule has 0 spiro atoms. The van der Waals surface area contributed by atoms with Crippen molar-refractivity contribution in [1.82, 2.24) is 0 Å². The summed E-state index contributed by atoms with van der Waals surface area (Å²) in [5.74, 6) is -0.186. The third-order valence-corrected chi connectivity index (χ3v) is 4.54. The molecule has 2 aromatic rings. The second-order valence-electron chi connectivity index (χ2n) is 4.83. The largest absolute Gasteiger partial charge is 0.396 e. The van der Waals surface area contributed by atoms with Gasteiger partial charge in [0.1, 0.15) is 0 Å². The molecule has 3 N–H and O–H groups in total. The molecule has 124 valence electrons. The van der Waals surface area contributed by atoms with Crippen LogP contribution in [-0.4, -0.2) is 5.91 Å². The summed E-state index contributed by atoms with van der Waals surface area (Å²) in [7, 11) is 0. The Morgan fingerprint density at radius 3 is 1.87 bits per heavy atom. The maximum Gasteiger partial charge on any atom is 0.221 e. The summed E-state index contributed by atoms with van der Waals surface area (Å²) in [6.07, 6.45) is 0. The molecule has 23 heavy (non-hydrogen) atoms. The monoisotopic (exact) mass is 392 g/mol. The Hall–Kier alpha value is -1.13. The molecule has 3 nitrogen and oxygen atoms in total. The first-order chi connectivity index (χ1) is 10.6. The van der Waals surface area contributed by atoms with E-state index >= 15 is 0 Å². The minimum absolute atomic E-state index is 0.186. The quantitative estimate of drug-likeness (QED) is 0.571. The predicted molar refractivity (Wildman–Crippen MR) is 101 cm³/mol. The molecule has 0 unspecified atom stereocenters. The summed E-state index contributed by atoms with van der Waals surface area (Å²) in [5, 5.41) is 4.58. The number of hydrogen-bond acceptors (Lipinski definition) is 2. The number of nitrogens with one attached hydrogen (secondary N) is 1. The molecule has 0 bridgehead atoms. The number of anilines is 2. The smallest absolute Gasteiger partial charge is 0.221 e. The Morgan fingerprint density at radius 2 is 1.39 bits per heavy atom. The second kappa shape index (κ2) is 8.65. The van der Waals surface area contributed by atoms with E-state index in [0.29, 0.717) is 31.5 Å². The fourth-order valence-corrected chi connectivity index (χ4v) is 2.46. The first-order valence-corrected chi connectivity index (χ1v) is 8.08. The van der Waals surface area contributed by atoms with Crippen LogP contribution >= 0.6 is 46.4 Å². The minimum Gasteiger partial charge on any atom is -0.396 e. The van der Waals surface area contributed by atoms with Gasteiger partial charge in [-0.15, -0.1) is 0 Å². The van der Waals surface area contributed by atoms with Crippen LogP contribution in [0.4, 0.5) is 11.4 Å². The standard InChI is InChI=1S/C9H9Cl2NO.C7H7Cl2N/c1-5-3-4-7(10)9(8(5)11)12-6(2)13;1-4-2-3-5(8)7(10)6(4)9/h3-4H,1-2H3,(H,12,13);2-3H,10H2,1H3. The average molecular weight is 394 g/mol. The van der Waals surface area contributed by atoms with Gasteiger partial charge in [0.25, 0.3) is 0 Å². The van der Waals surface area contributed by atoms with Crippen molar-refractivity contribution in [2.24, 2.45) is 0 Å². The van der Waals surface area contributed by atoms with Crippen molar-refractivity contribution in [2.75, 3.05) is 11.1 Å². The van der Waals surface area contributed by atoms with Crippen molar-refractivity contribution in [3.63, 3.8) is 0 Å². The SMILES string of the molecule is CC(=O)Nc1c(Cl)ccc(C)c1Cl.Cc1ccc(Cl)c(N)c1Cl. The van der Waals surface area contributed by atoms with Gasteiger partial charge in [-0.05, 0) is 37.1 Å². The molecule has 0 atom stereocenters. The molecule has 2 aromatic carbocycles. The molecule has 0 heterocycles. The average Bonchev–Trinajstić information content (AvgIpc) is 2.50. The molecular weight excluding hydrogens is 378 g/mol. The topological polar surface area (TPSA) is 55.1 Å². The molecule has 0 saturated carbocycles. The second-order valence-corrected chi connectivity index (χ2v) is 6.40. The van der Waals surface area contributed by atoms with E-state index in [1.165, 1.54) is 6.92 Å². The van der Waals surface area contributed by atoms with Crippen LogP contribution in [-0.2, 0) is 4.79 Å². The first-order valence-electron chi connectivity index (χ1n) is 6.57. The summed E-state index contributed by atoms with van der Waals surface area (Å²) in [5.41, 5.74) is 8.29. The molecule has 0 radical (unpaired) electrons. The highest BCUT2D eigenvalue weighted by molar-refractivity contribution is 6.40. The number of nitrogens with two attached hydrogens (primary N) is 1. The van der Waals surface area contributed by atoms with Gasteiger partial charge in [-0.1, -0.05) is 58.5 Å². The highest BCUT2D eigenvalue weighted by atomic mass is 35.5. The Kier molecular flexibility index (Phi) is 7.49. The van der Waals surface area contributed by atoms with Gasteiger partial charge in [-0.25, -0.2) is 0 Å². The highest BCUT2D eigenvalue weighted by Gasteiger charge is 2.08. The number of carbonyl (C=O) groups is 1. The fraction of sp³-hybridized carbons (Fsp3) is 0.188. The van der Waals surface area contributed by atoms with E-state index in [4.69, 9.17) is 52.1 Å². The van der Waals surface area contributed by atoms with Crippen LogP contribution in [0.25, 0.3) is 0 Å². The van der Waals surface area contributed by atoms with Crippen LogP contribution in [0, 0.1) is 13.8 Å². The summed E-state index contributed by atoms with van der Waals surface area (Å²) in [4.78, 5) is 10.8. The molecule has 2 rings (SSSR count). The van der Waals surface area contributed by atoms with Gasteiger partial charge in [0.05, 0.1) is 31.5 Å². The molecule has 1 amide bonds. The van der Waals surface area contributed by atoms with Crippen molar-refractivity contribution in [2.45, 2.75) is 20.8 Å². The lowest BCUT2D eigenvalue weighted by Crippen LogP contribution is -2.07. The van der Waals surface area contributed by atoms with E-state index in [2.05, 4.69) is 5.32 Å². The zero-order valence-electron chi connectivity index (χ0n) is 12.8. The van der Waals surface area contributed by atoms with Crippen molar-refractivity contribution >= 4 is 63.7 Å². The Labute approximate surface area is 155 Å². The number of carbonyl (C=O) groups excluding carboxylic acids is 1. The normalized spacial score (nSPS) is 9.87. The predicted octanol–water partition coefficient (Wildman–Crippen LogP) is 6.14. The third-order valence-electron chi connectivity index (χ3n) is 2.90. The zero-order chi connectivity index (χ0) is 17.7. The number of nitrogen functional groups attached to an aromatic ring is 1. The number of aryl methyl sites for hydroxylation is 2. The van der Waals surface area contributed by atoms with E-state index in [-0.39, 0.29) is 5.91 Å². The van der Waals surface area contributed by atoms with Crippen molar-refractivity contribution in [3.8, 4) is 0 Å². The van der Waals surface area contributed by atoms with Gasteiger partial charge in [-0.3, -0.25) is 4.79 Å². The zero-order valence-corrected chi connectivity index (χ0v) is 15.8. The first kappa shape index (κ1) is 19.9. The lowest BCUT2D eigenvalue weighted by atomic mass is 10.2. The van der Waals surface area contributed by atoms with E-state index in [1.807, 2.05) is 19.9 Å². The van der Waals surface area contributed by atoms with Gasteiger partial charge in [0.15, 0.2) is 0 Å². The Balaban J connectivity index is 0.000000238. The molecule has 0 aliphatic heterocycles. The van der Waals surface area contributed by atoms with E-state index < -0.39 is 0 Å². The van der Waals surface area contributed by atoms with Gasteiger partial charge in [0, 0.05) is 6.92 Å². The van der Waals surface area contributed by atoms with Gasteiger partial charge in [0.2, 0.25) is 5.91 Å². The van der Waals surface area contributed by atoms with Crippen LogP contribution in [0.1, 0.15) is 18.1 Å². The van der Waals surface area contributed by atoms with Crippen LogP contribution in [0.5, 0.6) is 0 Å². The molecule has 7 heteroatoms. The number of amides is 1. The maximum absolute atomic E-state index is 10.8. The van der Waals surface area contributed by atoms with Crippen molar-refractivity contribution in [1.29, 1.82) is 0 Å². The lowest BCUT2D eigenvalue weighted by molar-refractivity contribution is -0.114. The summed E-state index contributed by atoms with van der Waals surface area (Å²) < 4.78 is 0. The summed E-state index contributed by atoms with van der Waals surface area (Å²) in [6, 6.07) is 7.07. The summed E-state index contributed by atoms with van der Waals surface area (Å²) >= 11 is 23.2. The lowest BCUT2D eigenvalue weighted by Gasteiger charge is -2.08. The number of halogens is 4. The van der Waals surface area contributed by atoms with Gasteiger partial charge >= 0.3 is 0 Å². The van der Waals surface area contributed by atoms with Gasteiger partial charge < -0.3 is 11.1 Å². The number of rotatable bonds is 1. The van der Waals surface area contributed by atoms with Crippen LogP contribution in [0.2, 0.25) is 20.1 Å². The summed E-state index contributed by atoms with van der Waals surface area (Å²) in [6.45, 7) is 5.15. The third kappa shape index (κ3) is 5.47. The van der Waals surface area contributed by atoms with Gasteiger partial charge in [-0.2, -0.15) is 0 Å². The molecule has 0 aliphatic rings. The van der Waals surface area contributed by atoms with E-state index in [1.54, 1.807) is 18.2 Å². The van der Waals surface area contributed by atoms with Crippen molar-refractivity contribution in [3.05, 3.63) is 55.5 Å². The molecule has 0 fully saturated rings. The molecule has 0 aromatic heterocycles. The number of benzene rings is 2. The fourth-order valence-electron chi connectivity index (χ4n) is 1.63. The van der Waals surface area contributed by atoms with Crippen LogP contribution < -0.4 is 11.1 Å². The Morgan fingerprint density at radius 1 is 0.913 bits per heavy atom. The molecular formula is C16H16Cl4N2O. The molecule has 0 aliphatic carbocycles. The van der Waals surface area contributed by atoms with E-state index in [0.717, 1.165) is 11.1 Å². The maximum atomic E-state index is 10.8.